The molecule has 0 aliphatic rings. The summed E-state index contributed by atoms with van der Waals surface area (Å²) in [6.07, 6.45) is 0.665. The Morgan fingerprint density at radius 3 is 2.20 bits per heavy atom. The number of amides is 2. The second-order valence-electron chi connectivity index (χ2n) is 5.56. The molecule has 1 rings (SSSR count). The van der Waals surface area contributed by atoms with Crippen molar-refractivity contribution in [3.05, 3.63) is 29.8 Å². The Kier molecular flexibility index (Phi) is 5.55. The van der Waals surface area contributed by atoms with Gasteiger partial charge in [-0.3, -0.25) is 9.59 Å². The largest absolute Gasteiger partial charge is 0.497 e. The van der Waals surface area contributed by atoms with E-state index in [1.165, 1.54) is 0 Å². The first-order valence-electron chi connectivity index (χ1n) is 6.55. The standard InChI is InChI=1S/C15H22N2O3/c1-15(2,3)17-14(19)13(18)16-10-9-11-5-7-12(20-4)8-6-11/h5-8H,9-10H2,1-4H3,(H,16,18)(H,17,19). The van der Waals surface area contributed by atoms with Crippen LogP contribution in [0.3, 0.4) is 0 Å². The van der Waals surface area contributed by atoms with Crippen molar-refractivity contribution in [1.82, 2.24) is 10.6 Å². The van der Waals surface area contributed by atoms with Crippen LogP contribution in [0.1, 0.15) is 26.3 Å². The molecule has 0 unspecified atom stereocenters. The molecule has 0 heterocycles. The Bertz CT molecular complexity index is 461. The molecule has 0 saturated carbocycles. The zero-order chi connectivity index (χ0) is 15.2. The van der Waals surface area contributed by atoms with Crippen LogP contribution in [0, 0.1) is 0 Å². The molecule has 0 saturated heterocycles. The maximum atomic E-state index is 11.6. The first-order chi connectivity index (χ1) is 9.31. The summed E-state index contributed by atoms with van der Waals surface area (Å²) >= 11 is 0. The number of nitrogens with one attached hydrogen (secondary N) is 2. The zero-order valence-electron chi connectivity index (χ0n) is 12.4. The maximum Gasteiger partial charge on any atom is 0.309 e. The third kappa shape index (κ3) is 5.73. The Labute approximate surface area is 119 Å². The number of carbonyl (C=O) groups excluding carboxylic acids is 2. The highest BCUT2D eigenvalue weighted by Gasteiger charge is 2.19. The van der Waals surface area contributed by atoms with Gasteiger partial charge >= 0.3 is 11.8 Å². The maximum absolute atomic E-state index is 11.6. The van der Waals surface area contributed by atoms with E-state index in [0.29, 0.717) is 13.0 Å². The van der Waals surface area contributed by atoms with Crippen LogP contribution >= 0.6 is 0 Å². The second kappa shape index (κ2) is 6.93. The van der Waals surface area contributed by atoms with Gasteiger partial charge in [-0.05, 0) is 44.9 Å². The Morgan fingerprint density at radius 1 is 1.10 bits per heavy atom. The van der Waals surface area contributed by atoms with E-state index in [9.17, 15) is 9.59 Å². The number of hydrogen-bond donors (Lipinski definition) is 2. The molecule has 0 fully saturated rings. The molecule has 0 bridgehead atoms. The summed E-state index contributed by atoms with van der Waals surface area (Å²) in [5, 5.41) is 5.22. The molecular formula is C15H22N2O3. The van der Waals surface area contributed by atoms with Crippen LogP contribution in [-0.4, -0.2) is 31.0 Å². The highest BCUT2D eigenvalue weighted by atomic mass is 16.5. The van der Waals surface area contributed by atoms with Crippen LogP contribution in [0.15, 0.2) is 24.3 Å². The second-order valence-corrected chi connectivity index (χ2v) is 5.56. The Balaban J connectivity index is 2.36. The van der Waals surface area contributed by atoms with E-state index >= 15 is 0 Å². The van der Waals surface area contributed by atoms with Crippen molar-refractivity contribution >= 4 is 11.8 Å². The molecule has 5 nitrogen and oxygen atoms in total. The third-order valence-electron chi connectivity index (χ3n) is 2.55. The van der Waals surface area contributed by atoms with Crippen molar-refractivity contribution in [2.45, 2.75) is 32.7 Å². The monoisotopic (exact) mass is 278 g/mol. The van der Waals surface area contributed by atoms with Crippen LogP contribution in [0.4, 0.5) is 0 Å². The van der Waals surface area contributed by atoms with Crippen molar-refractivity contribution in [2.75, 3.05) is 13.7 Å². The van der Waals surface area contributed by atoms with Crippen LogP contribution in [0.5, 0.6) is 5.75 Å². The molecule has 1 aromatic carbocycles. The van der Waals surface area contributed by atoms with E-state index in [4.69, 9.17) is 4.74 Å². The Hall–Kier alpha value is -2.04. The van der Waals surface area contributed by atoms with Gasteiger partial charge in [-0.15, -0.1) is 0 Å². The van der Waals surface area contributed by atoms with E-state index in [2.05, 4.69) is 10.6 Å². The Morgan fingerprint density at radius 2 is 1.70 bits per heavy atom. The lowest BCUT2D eigenvalue weighted by Gasteiger charge is -2.19. The van der Waals surface area contributed by atoms with E-state index in [1.54, 1.807) is 7.11 Å². The fourth-order valence-electron chi connectivity index (χ4n) is 1.59. The van der Waals surface area contributed by atoms with Gasteiger partial charge < -0.3 is 15.4 Å². The van der Waals surface area contributed by atoms with Crippen LogP contribution in [-0.2, 0) is 16.0 Å². The van der Waals surface area contributed by atoms with Gasteiger partial charge in [0.15, 0.2) is 0 Å². The highest BCUT2D eigenvalue weighted by Crippen LogP contribution is 2.11. The molecule has 0 aromatic heterocycles. The molecule has 2 amide bonds. The van der Waals surface area contributed by atoms with Crippen molar-refractivity contribution in [3.63, 3.8) is 0 Å². The van der Waals surface area contributed by atoms with E-state index in [-0.39, 0.29) is 0 Å². The molecule has 0 aliphatic carbocycles. The normalized spacial score (nSPS) is 10.8. The number of methoxy groups -OCH3 is 1. The molecule has 2 N–H and O–H groups in total. The van der Waals surface area contributed by atoms with Crippen LogP contribution in [0.25, 0.3) is 0 Å². The minimum absolute atomic E-state index is 0.412. The average molecular weight is 278 g/mol. The predicted octanol–water partition coefficient (Wildman–Crippen LogP) is 1.27. The van der Waals surface area contributed by atoms with Gasteiger partial charge in [0.2, 0.25) is 0 Å². The SMILES string of the molecule is COc1ccc(CCNC(=O)C(=O)NC(C)(C)C)cc1. The van der Waals surface area contributed by atoms with Gasteiger partial charge in [-0.25, -0.2) is 0 Å². The molecule has 0 aliphatic heterocycles. The van der Waals surface area contributed by atoms with Gasteiger partial charge in [0.25, 0.3) is 0 Å². The summed E-state index contributed by atoms with van der Waals surface area (Å²) in [7, 11) is 1.61. The van der Waals surface area contributed by atoms with Crippen molar-refractivity contribution in [2.24, 2.45) is 0 Å². The fourth-order valence-corrected chi connectivity index (χ4v) is 1.59. The lowest BCUT2D eigenvalue weighted by Crippen LogP contribution is -2.48. The highest BCUT2D eigenvalue weighted by molar-refractivity contribution is 6.35. The van der Waals surface area contributed by atoms with Crippen molar-refractivity contribution in [3.8, 4) is 5.75 Å². The predicted molar refractivity (Wildman–Crippen MR) is 77.6 cm³/mol. The number of ether oxygens (including phenoxy) is 1. The molecule has 110 valence electrons. The molecule has 1 aromatic rings. The summed E-state index contributed by atoms with van der Waals surface area (Å²) in [6, 6.07) is 7.59. The number of benzene rings is 1. The lowest BCUT2D eigenvalue weighted by atomic mass is 10.1. The molecule has 20 heavy (non-hydrogen) atoms. The lowest BCUT2D eigenvalue weighted by molar-refractivity contribution is -0.140. The first kappa shape index (κ1) is 16.0. The first-order valence-corrected chi connectivity index (χ1v) is 6.55. The van der Waals surface area contributed by atoms with Crippen LogP contribution in [0.2, 0.25) is 0 Å². The smallest absolute Gasteiger partial charge is 0.309 e. The minimum atomic E-state index is -0.604. The quantitative estimate of drug-likeness (QED) is 0.815. The zero-order valence-corrected chi connectivity index (χ0v) is 12.4. The van der Waals surface area contributed by atoms with Gasteiger partial charge in [0.05, 0.1) is 7.11 Å². The molecular weight excluding hydrogens is 256 g/mol. The van der Waals surface area contributed by atoms with Gasteiger partial charge in [-0.1, -0.05) is 12.1 Å². The molecule has 0 spiro atoms. The summed E-state index contributed by atoms with van der Waals surface area (Å²) in [6.45, 7) is 5.91. The van der Waals surface area contributed by atoms with Gasteiger partial charge in [0.1, 0.15) is 5.75 Å². The van der Waals surface area contributed by atoms with E-state index in [0.717, 1.165) is 11.3 Å². The number of rotatable bonds is 4. The van der Waals surface area contributed by atoms with Gasteiger partial charge in [-0.2, -0.15) is 0 Å². The summed E-state index contributed by atoms with van der Waals surface area (Å²) in [4.78, 5) is 23.1. The summed E-state index contributed by atoms with van der Waals surface area (Å²) in [5.74, 6) is -0.414. The van der Waals surface area contributed by atoms with Crippen molar-refractivity contribution < 1.29 is 14.3 Å². The fraction of sp³-hybridized carbons (Fsp3) is 0.467. The molecule has 0 radical (unpaired) electrons. The van der Waals surface area contributed by atoms with Crippen molar-refractivity contribution in [1.29, 1.82) is 0 Å². The number of carbonyl (C=O) groups is 2. The average Bonchev–Trinajstić information content (AvgIpc) is 2.37. The molecule has 0 atom stereocenters. The third-order valence-corrected chi connectivity index (χ3v) is 2.55. The number of hydrogen-bond acceptors (Lipinski definition) is 3. The summed E-state index contributed by atoms with van der Waals surface area (Å²) in [5.41, 5.74) is 0.659. The van der Waals surface area contributed by atoms with E-state index < -0.39 is 17.4 Å². The van der Waals surface area contributed by atoms with Gasteiger partial charge in [0, 0.05) is 12.1 Å². The summed E-state index contributed by atoms with van der Waals surface area (Å²) < 4.78 is 5.07. The topological polar surface area (TPSA) is 67.4 Å². The van der Waals surface area contributed by atoms with Crippen LogP contribution < -0.4 is 15.4 Å². The minimum Gasteiger partial charge on any atom is -0.497 e. The van der Waals surface area contributed by atoms with E-state index in [1.807, 2.05) is 45.0 Å². The molecule has 5 heteroatoms.